The van der Waals surface area contributed by atoms with Gasteiger partial charge in [0.2, 0.25) is 5.91 Å². The number of hydrogen-bond acceptors (Lipinski definition) is 4. The molecule has 0 saturated carbocycles. The molecule has 3 fully saturated rings. The summed E-state index contributed by atoms with van der Waals surface area (Å²) >= 11 is 0. The van der Waals surface area contributed by atoms with E-state index in [4.69, 9.17) is 0 Å². The Morgan fingerprint density at radius 2 is 2.00 bits per heavy atom. The molecule has 0 N–H and O–H groups in total. The number of carbonyl (C=O) groups excluding carboxylic acids is 1. The molecule has 0 radical (unpaired) electrons. The van der Waals surface area contributed by atoms with E-state index < -0.39 is 0 Å². The summed E-state index contributed by atoms with van der Waals surface area (Å²) in [5, 5.41) is 0. The largest absolute Gasteiger partial charge is 0.348 e. The molecule has 2 bridgehead atoms. The number of hydrogen-bond donors (Lipinski definition) is 0. The Hall–Kier alpha value is -1.95. The summed E-state index contributed by atoms with van der Waals surface area (Å²) in [7, 11) is 0. The van der Waals surface area contributed by atoms with Crippen LogP contribution >= 0.6 is 0 Å². The molecule has 1 aromatic heterocycles. The molecule has 6 nitrogen and oxygen atoms in total. The standard InChI is InChI=1S/C20H30N4O2/c1-14(2)7-8-22-10-17-5-6-18(22)12-23(11-17)19(25)13-24-16(4)9-15(3)21-20(24)26/h7,9,17-18H,5-6,8,10-13H2,1-4H3/t17-,18-/m0/s1. The number of aromatic nitrogens is 2. The van der Waals surface area contributed by atoms with Gasteiger partial charge in [-0.2, -0.15) is 4.98 Å². The van der Waals surface area contributed by atoms with Crippen LogP contribution in [-0.2, 0) is 11.3 Å². The van der Waals surface area contributed by atoms with Gasteiger partial charge < -0.3 is 4.90 Å². The predicted molar refractivity (Wildman–Crippen MR) is 102 cm³/mol. The normalized spacial score (nSPS) is 23.0. The molecule has 142 valence electrons. The van der Waals surface area contributed by atoms with Crippen molar-refractivity contribution in [1.82, 2.24) is 19.4 Å². The molecule has 0 aromatic carbocycles. The Morgan fingerprint density at radius 3 is 2.69 bits per heavy atom. The van der Waals surface area contributed by atoms with Crippen molar-refractivity contribution in [1.29, 1.82) is 0 Å². The van der Waals surface area contributed by atoms with E-state index in [0.717, 1.165) is 38.3 Å². The van der Waals surface area contributed by atoms with Crippen molar-refractivity contribution < 1.29 is 4.79 Å². The molecule has 3 saturated heterocycles. The Bertz CT molecular complexity index is 764. The van der Waals surface area contributed by atoms with E-state index in [0.29, 0.717) is 17.7 Å². The highest BCUT2D eigenvalue weighted by atomic mass is 16.2. The van der Waals surface area contributed by atoms with Gasteiger partial charge in [0.15, 0.2) is 0 Å². The fraction of sp³-hybridized carbons (Fsp3) is 0.650. The van der Waals surface area contributed by atoms with Crippen LogP contribution in [0.5, 0.6) is 0 Å². The minimum absolute atomic E-state index is 0.0295. The number of aryl methyl sites for hydroxylation is 2. The summed E-state index contributed by atoms with van der Waals surface area (Å²) in [5.41, 5.74) is 2.48. The summed E-state index contributed by atoms with van der Waals surface area (Å²) in [6.45, 7) is 11.6. The zero-order valence-electron chi connectivity index (χ0n) is 16.4. The highest BCUT2D eigenvalue weighted by Crippen LogP contribution is 2.28. The number of nitrogens with zero attached hydrogens (tertiary/aromatic N) is 4. The first-order valence-electron chi connectivity index (χ1n) is 9.53. The van der Waals surface area contributed by atoms with Gasteiger partial charge in [-0.3, -0.25) is 14.3 Å². The van der Waals surface area contributed by atoms with Crippen LogP contribution in [0.25, 0.3) is 0 Å². The average Bonchev–Trinajstić information content (AvgIpc) is 2.87. The van der Waals surface area contributed by atoms with Gasteiger partial charge in [-0.05, 0) is 52.5 Å². The number of allylic oxidation sites excluding steroid dienone is 1. The lowest BCUT2D eigenvalue weighted by Gasteiger charge is -2.35. The van der Waals surface area contributed by atoms with E-state index in [9.17, 15) is 9.59 Å². The summed E-state index contributed by atoms with van der Waals surface area (Å²) in [6.07, 6.45) is 4.61. The van der Waals surface area contributed by atoms with Gasteiger partial charge >= 0.3 is 5.69 Å². The number of carbonyl (C=O) groups is 1. The van der Waals surface area contributed by atoms with Gasteiger partial charge in [0, 0.05) is 43.6 Å². The van der Waals surface area contributed by atoms with Crippen LogP contribution in [-0.4, -0.2) is 57.5 Å². The van der Waals surface area contributed by atoms with Crippen LogP contribution in [0.15, 0.2) is 22.5 Å². The lowest BCUT2D eigenvalue weighted by atomic mass is 9.95. The van der Waals surface area contributed by atoms with Crippen LogP contribution in [0.3, 0.4) is 0 Å². The molecule has 0 aliphatic carbocycles. The third kappa shape index (κ3) is 4.23. The fourth-order valence-electron chi connectivity index (χ4n) is 4.11. The minimum Gasteiger partial charge on any atom is -0.339 e. The topological polar surface area (TPSA) is 58.4 Å². The summed E-state index contributed by atoms with van der Waals surface area (Å²) < 4.78 is 1.49. The van der Waals surface area contributed by atoms with Crippen molar-refractivity contribution in [3.05, 3.63) is 39.6 Å². The molecule has 6 heteroatoms. The predicted octanol–water partition coefficient (Wildman–Crippen LogP) is 1.75. The summed E-state index contributed by atoms with van der Waals surface area (Å²) in [5.74, 6) is 0.555. The molecule has 1 aromatic rings. The van der Waals surface area contributed by atoms with E-state index in [2.05, 4.69) is 29.8 Å². The molecule has 0 spiro atoms. The second-order valence-corrected chi connectivity index (χ2v) is 8.04. The summed E-state index contributed by atoms with van der Waals surface area (Å²) in [6, 6.07) is 2.27. The van der Waals surface area contributed by atoms with Gasteiger partial charge in [0.05, 0.1) is 0 Å². The molecule has 26 heavy (non-hydrogen) atoms. The smallest absolute Gasteiger partial charge is 0.339 e. The fourth-order valence-corrected chi connectivity index (χ4v) is 4.11. The number of piperidine rings is 1. The maximum Gasteiger partial charge on any atom is 0.348 e. The summed E-state index contributed by atoms with van der Waals surface area (Å²) in [4.78, 5) is 33.5. The second-order valence-electron chi connectivity index (χ2n) is 8.04. The van der Waals surface area contributed by atoms with Gasteiger partial charge in [0.25, 0.3) is 0 Å². The third-order valence-corrected chi connectivity index (χ3v) is 5.55. The van der Waals surface area contributed by atoms with E-state index in [-0.39, 0.29) is 18.1 Å². The van der Waals surface area contributed by atoms with E-state index in [1.54, 1.807) is 6.92 Å². The maximum atomic E-state index is 12.9. The van der Waals surface area contributed by atoms with Crippen molar-refractivity contribution in [3.63, 3.8) is 0 Å². The van der Waals surface area contributed by atoms with Crippen LogP contribution in [0, 0.1) is 19.8 Å². The molecule has 0 unspecified atom stereocenters. The minimum atomic E-state index is -0.334. The number of fused-ring (bicyclic) bond motifs is 4. The van der Waals surface area contributed by atoms with Crippen molar-refractivity contribution in [2.45, 2.75) is 53.1 Å². The van der Waals surface area contributed by atoms with Crippen molar-refractivity contribution in [2.75, 3.05) is 26.2 Å². The van der Waals surface area contributed by atoms with Crippen LogP contribution < -0.4 is 5.69 Å². The first-order chi connectivity index (χ1) is 12.3. The van der Waals surface area contributed by atoms with Crippen LogP contribution in [0.2, 0.25) is 0 Å². The SMILES string of the molecule is CC(C)=CCN1C[C@@H]2CC[C@H]1CN(C(=O)Cn1c(C)cc(C)nc1=O)C2. The zero-order chi connectivity index (χ0) is 18.8. The Morgan fingerprint density at radius 1 is 1.23 bits per heavy atom. The van der Waals surface area contributed by atoms with E-state index >= 15 is 0 Å². The first kappa shape index (κ1) is 18.8. The van der Waals surface area contributed by atoms with Gasteiger partial charge in [-0.1, -0.05) is 11.6 Å². The molecule has 4 heterocycles. The molecule has 3 aliphatic rings. The zero-order valence-corrected chi connectivity index (χ0v) is 16.4. The maximum absolute atomic E-state index is 12.9. The molecular weight excluding hydrogens is 328 g/mol. The first-order valence-corrected chi connectivity index (χ1v) is 9.53. The molecule has 3 aliphatic heterocycles. The lowest BCUT2D eigenvalue weighted by molar-refractivity contribution is -0.132. The highest BCUT2D eigenvalue weighted by Gasteiger charge is 2.36. The Balaban J connectivity index is 1.72. The third-order valence-electron chi connectivity index (χ3n) is 5.55. The monoisotopic (exact) mass is 358 g/mol. The van der Waals surface area contributed by atoms with Crippen LogP contribution in [0.1, 0.15) is 38.1 Å². The average molecular weight is 358 g/mol. The van der Waals surface area contributed by atoms with E-state index in [1.807, 2.05) is 17.9 Å². The van der Waals surface area contributed by atoms with Crippen molar-refractivity contribution in [3.8, 4) is 0 Å². The molecule has 2 atom stereocenters. The highest BCUT2D eigenvalue weighted by molar-refractivity contribution is 5.76. The lowest BCUT2D eigenvalue weighted by Crippen LogP contribution is -2.45. The number of rotatable bonds is 4. The van der Waals surface area contributed by atoms with E-state index in [1.165, 1.54) is 16.6 Å². The molecular formula is C20H30N4O2. The van der Waals surface area contributed by atoms with Crippen molar-refractivity contribution >= 4 is 5.91 Å². The van der Waals surface area contributed by atoms with Crippen molar-refractivity contribution in [2.24, 2.45) is 5.92 Å². The number of amides is 1. The van der Waals surface area contributed by atoms with Crippen LogP contribution in [0.4, 0.5) is 0 Å². The molecule has 1 amide bonds. The quantitative estimate of drug-likeness (QED) is 0.770. The van der Waals surface area contributed by atoms with Gasteiger partial charge in [0.1, 0.15) is 6.54 Å². The van der Waals surface area contributed by atoms with Gasteiger partial charge in [-0.15, -0.1) is 0 Å². The van der Waals surface area contributed by atoms with Gasteiger partial charge in [-0.25, -0.2) is 4.79 Å². The second kappa shape index (κ2) is 7.74. The molecule has 4 rings (SSSR count). The Labute approximate surface area is 155 Å². The Kier molecular flexibility index (Phi) is 5.61.